The molecule has 0 spiro atoms. The van der Waals surface area contributed by atoms with Crippen molar-refractivity contribution in [3.63, 3.8) is 0 Å². The Balaban J connectivity index is 1.82. The molecule has 0 bridgehead atoms. The van der Waals surface area contributed by atoms with E-state index < -0.39 is 5.91 Å². The van der Waals surface area contributed by atoms with Gasteiger partial charge >= 0.3 is 0 Å². The molecule has 5 heteroatoms. The number of ether oxygens (including phenoxy) is 1. The second-order valence-electron chi connectivity index (χ2n) is 7.01. The maximum Gasteiger partial charge on any atom is 0.266 e. The molecule has 140 valence electrons. The molecule has 2 heterocycles. The van der Waals surface area contributed by atoms with E-state index in [0.717, 1.165) is 48.5 Å². The lowest BCUT2D eigenvalue weighted by molar-refractivity contribution is -0.112. The van der Waals surface area contributed by atoms with E-state index in [4.69, 9.17) is 4.74 Å². The zero-order valence-corrected chi connectivity index (χ0v) is 16.1. The molecule has 5 nitrogen and oxygen atoms in total. The van der Waals surface area contributed by atoms with Crippen molar-refractivity contribution in [1.29, 1.82) is 5.26 Å². The van der Waals surface area contributed by atoms with Gasteiger partial charge in [0, 0.05) is 30.2 Å². The predicted molar refractivity (Wildman–Crippen MR) is 106 cm³/mol. The van der Waals surface area contributed by atoms with E-state index >= 15 is 0 Å². The second kappa shape index (κ2) is 8.24. The Bertz CT molecular complexity index is 912. The maximum absolute atomic E-state index is 12.6. The summed E-state index contributed by atoms with van der Waals surface area (Å²) in [5.74, 6) is -0.393. The van der Waals surface area contributed by atoms with E-state index in [1.165, 1.54) is 0 Å². The number of nitrogens with zero attached hydrogens (tertiary/aromatic N) is 2. The molecule has 1 fully saturated rings. The maximum atomic E-state index is 12.6. The van der Waals surface area contributed by atoms with Crippen molar-refractivity contribution < 1.29 is 9.53 Å². The minimum absolute atomic E-state index is 0.0932. The number of para-hydroxylation sites is 1. The van der Waals surface area contributed by atoms with Crippen LogP contribution in [0.3, 0.4) is 0 Å². The standard InChI is InChI=1S/C22H25N3O2/c1-15-7-4-5-9-21(15)24-22(26)19(13-23)12-18-11-16(2)25(17(18)3)14-20-8-6-10-27-20/h4-5,7,9,11-12,20H,6,8,10,14H2,1-3H3,(H,24,26)/b19-12+. The van der Waals surface area contributed by atoms with E-state index in [2.05, 4.69) is 9.88 Å². The number of carbonyl (C=O) groups is 1. The molecule has 1 aliphatic heterocycles. The Morgan fingerprint density at radius 1 is 1.37 bits per heavy atom. The third-order valence-corrected chi connectivity index (χ3v) is 5.08. The topological polar surface area (TPSA) is 67.0 Å². The molecular weight excluding hydrogens is 338 g/mol. The zero-order chi connectivity index (χ0) is 19.4. The SMILES string of the molecule is Cc1ccccc1NC(=O)/C(C#N)=C/c1cc(C)n(CC2CCCO2)c1C. The molecule has 0 radical (unpaired) electrons. The molecule has 1 N–H and O–H groups in total. The summed E-state index contributed by atoms with van der Waals surface area (Å²) in [6.45, 7) is 7.61. The highest BCUT2D eigenvalue weighted by atomic mass is 16.5. The fourth-order valence-electron chi connectivity index (χ4n) is 3.45. The Hall–Kier alpha value is -2.84. The third kappa shape index (κ3) is 4.29. The van der Waals surface area contributed by atoms with Crippen molar-refractivity contribution in [2.45, 2.75) is 46.3 Å². The lowest BCUT2D eigenvalue weighted by atomic mass is 10.1. The summed E-state index contributed by atoms with van der Waals surface area (Å²) in [5, 5.41) is 12.3. The average Bonchev–Trinajstić information content (AvgIpc) is 3.25. The zero-order valence-electron chi connectivity index (χ0n) is 16.1. The summed E-state index contributed by atoms with van der Waals surface area (Å²) in [6.07, 6.45) is 4.09. The summed E-state index contributed by atoms with van der Waals surface area (Å²) in [6, 6.07) is 11.6. The van der Waals surface area contributed by atoms with Crippen molar-refractivity contribution in [1.82, 2.24) is 4.57 Å². The predicted octanol–water partition coefficient (Wildman–Crippen LogP) is 4.14. The van der Waals surface area contributed by atoms with E-state index in [0.29, 0.717) is 5.69 Å². The molecule has 1 amide bonds. The van der Waals surface area contributed by atoms with Crippen molar-refractivity contribution in [2.75, 3.05) is 11.9 Å². The first-order valence-corrected chi connectivity index (χ1v) is 9.26. The largest absolute Gasteiger partial charge is 0.376 e. The van der Waals surface area contributed by atoms with Gasteiger partial charge in [-0.05, 0) is 62.9 Å². The lowest BCUT2D eigenvalue weighted by Crippen LogP contribution is -2.17. The van der Waals surface area contributed by atoms with E-state index in [1.54, 1.807) is 6.08 Å². The summed E-state index contributed by atoms with van der Waals surface area (Å²) in [7, 11) is 0. The van der Waals surface area contributed by atoms with Gasteiger partial charge in [0.1, 0.15) is 11.6 Å². The Kier molecular flexibility index (Phi) is 5.78. The van der Waals surface area contributed by atoms with Gasteiger partial charge in [-0.1, -0.05) is 18.2 Å². The molecular formula is C22H25N3O2. The molecule has 1 aromatic heterocycles. The Morgan fingerprint density at radius 2 is 2.15 bits per heavy atom. The Labute approximate surface area is 160 Å². The number of rotatable bonds is 5. The highest BCUT2D eigenvalue weighted by Crippen LogP contribution is 2.22. The van der Waals surface area contributed by atoms with Crippen LogP contribution in [-0.2, 0) is 16.1 Å². The van der Waals surface area contributed by atoms with Crippen LogP contribution >= 0.6 is 0 Å². The Morgan fingerprint density at radius 3 is 2.81 bits per heavy atom. The number of aryl methyl sites for hydroxylation is 2. The quantitative estimate of drug-likeness (QED) is 0.641. The molecule has 1 unspecified atom stereocenters. The van der Waals surface area contributed by atoms with Crippen LogP contribution in [0.15, 0.2) is 35.9 Å². The van der Waals surface area contributed by atoms with Gasteiger partial charge in [0.05, 0.1) is 6.10 Å². The number of benzene rings is 1. The van der Waals surface area contributed by atoms with Gasteiger partial charge in [0.2, 0.25) is 0 Å². The highest BCUT2D eigenvalue weighted by molar-refractivity contribution is 6.10. The number of nitriles is 1. The van der Waals surface area contributed by atoms with Crippen LogP contribution in [0, 0.1) is 32.1 Å². The van der Waals surface area contributed by atoms with E-state index in [1.807, 2.05) is 57.2 Å². The molecule has 0 aliphatic carbocycles. The molecule has 2 aromatic rings. The molecule has 1 aromatic carbocycles. The van der Waals surface area contributed by atoms with Gasteiger partial charge in [-0.3, -0.25) is 4.79 Å². The lowest BCUT2D eigenvalue weighted by Gasteiger charge is -2.14. The highest BCUT2D eigenvalue weighted by Gasteiger charge is 2.19. The monoisotopic (exact) mass is 363 g/mol. The first kappa shape index (κ1) is 18.9. The molecule has 1 saturated heterocycles. The second-order valence-corrected chi connectivity index (χ2v) is 7.01. The molecule has 1 aliphatic rings. The number of anilines is 1. The molecule has 0 saturated carbocycles. The normalized spacial score (nSPS) is 17.0. The van der Waals surface area contributed by atoms with E-state index in [9.17, 15) is 10.1 Å². The van der Waals surface area contributed by atoms with Crippen LogP contribution in [0.2, 0.25) is 0 Å². The number of hydrogen-bond donors (Lipinski definition) is 1. The van der Waals surface area contributed by atoms with Crippen molar-refractivity contribution in [2.24, 2.45) is 0 Å². The fraction of sp³-hybridized carbons (Fsp3) is 0.364. The van der Waals surface area contributed by atoms with Crippen LogP contribution in [0.4, 0.5) is 5.69 Å². The van der Waals surface area contributed by atoms with Gasteiger partial charge in [-0.15, -0.1) is 0 Å². The summed E-state index contributed by atoms with van der Waals surface area (Å²) in [5.41, 5.74) is 4.80. The van der Waals surface area contributed by atoms with Crippen molar-refractivity contribution >= 4 is 17.7 Å². The minimum atomic E-state index is -0.393. The smallest absolute Gasteiger partial charge is 0.266 e. The summed E-state index contributed by atoms with van der Waals surface area (Å²) < 4.78 is 7.95. The third-order valence-electron chi connectivity index (χ3n) is 5.08. The van der Waals surface area contributed by atoms with Crippen LogP contribution in [-0.4, -0.2) is 23.2 Å². The van der Waals surface area contributed by atoms with Crippen LogP contribution in [0.1, 0.15) is 35.4 Å². The van der Waals surface area contributed by atoms with Crippen LogP contribution in [0.5, 0.6) is 0 Å². The first-order valence-electron chi connectivity index (χ1n) is 9.26. The van der Waals surface area contributed by atoms with Crippen molar-refractivity contribution in [3.8, 4) is 6.07 Å². The molecule has 3 rings (SSSR count). The number of aromatic nitrogens is 1. The van der Waals surface area contributed by atoms with Crippen LogP contribution in [0.25, 0.3) is 6.08 Å². The average molecular weight is 363 g/mol. The molecule has 1 atom stereocenters. The molecule has 27 heavy (non-hydrogen) atoms. The minimum Gasteiger partial charge on any atom is -0.376 e. The van der Waals surface area contributed by atoms with Gasteiger partial charge in [-0.2, -0.15) is 5.26 Å². The van der Waals surface area contributed by atoms with Gasteiger partial charge in [0.25, 0.3) is 5.91 Å². The van der Waals surface area contributed by atoms with Crippen molar-refractivity contribution in [3.05, 3.63) is 58.4 Å². The fourth-order valence-corrected chi connectivity index (χ4v) is 3.45. The van der Waals surface area contributed by atoms with Gasteiger partial charge < -0.3 is 14.6 Å². The number of amides is 1. The first-order chi connectivity index (χ1) is 13.0. The van der Waals surface area contributed by atoms with Gasteiger partial charge in [-0.25, -0.2) is 0 Å². The van der Waals surface area contributed by atoms with Gasteiger partial charge in [0.15, 0.2) is 0 Å². The van der Waals surface area contributed by atoms with E-state index in [-0.39, 0.29) is 11.7 Å². The summed E-state index contributed by atoms with van der Waals surface area (Å²) >= 11 is 0. The summed E-state index contributed by atoms with van der Waals surface area (Å²) in [4.78, 5) is 12.6. The number of hydrogen-bond acceptors (Lipinski definition) is 3. The number of carbonyl (C=O) groups excluding carboxylic acids is 1. The number of nitrogens with one attached hydrogen (secondary N) is 1. The van der Waals surface area contributed by atoms with Crippen LogP contribution < -0.4 is 5.32 Å².